The molecule has 0 unspecified atom stereocenters. The third-order valence-electron chi connectivity index (χ3n) is 8.38. The highest BCUT2D eigenvalue weighted by Gasteiger charge is 2.29. The number of carbonyl (C=O) groups is 2. The molecule has 3 aliphatic rings. The van der Waals surface area contributed by atoms with Gasteiger partial charge in [0.1, 0.15) is 5.84 Å². The summed E-state index contributed by atoms with van der Waals surface area (Å²) in [6.45, 7) is 11.1. The minimum absolute atomic E-state index is 0.00338. The zero-order chi connectivity index (χ0) is 28.7. The Morgan fingerprint density at radius 1 is 0.780 bits per heavy atom. The predicted octanol–water partition coefficient (Wildman–Crippen LogP) is 5.23. The molecule has 0 radical (unpaired) electrons. The molecule has 3 aliphatic heterocycles. The highest BCUT2D eigenvalue weighted by atomic mass is 16.2. The van der Waals surface area contributed by atoms with Crippen LogP contribution < -0.4 is 5.73 Å². The lowest BCUT2D eigenvalue weighted by atomic mass is 9.99. The Kier molecular flexibility index (Phi) is 6.99. The van der Waals surface area contributed by atoms with E-state index < -0.39 is 0 Å². The maximum absolute atomic E-state index is 13.4. The van der Waals surface area contributed by atoms with Gasteiger partial charge in [0.05, 0.1) is 5.69 Å². The van der Waals surface area contributed by atoms with Crippen molar-refractivity contribution in [3.63, 3.8) is 0 Å². The van der Waals surface area contributed by atoms with Crippen molar-refractivity contribution in [2.75, 3.05) is 26.2 Å². The predicted molar refractivity (Wildman–Crippen MR) is 164 cm³/mol. The van der Waals surface area contributed by atoms with Crippen LogP contribution in [0.3, 0.4) is 0 Å². The van der Waals surface area contributed by atoms with Gasteiger partial charge in [-0.1, -0.05) is 48.5 Å². The molecule has 7 nitrogen and oxygen atoms in total. The summed E-state index contributed by atoms with van der Waals surface area (Å²) in [6.07, 6.45) is 2.24. The van der Waals surface area contributed by atoms with Crippen LogP contribution >= 0.6 is 0 Å². The molecule has 6 rings (SSSR count). The number of fused-ring (bicyclic) bond motifs is 2. The third-order valence-corrected chi connectivity index (χ3v) is 8.38. The van der Waals surface area contributed by atoms with Gasteiger partial charge >= 0.3 is 0 Å². The highest BCUT2D eigenvalue weighted by molar-refractivity contribution is 6.05. The van der Waals surface area contributed by atoms with Crippen molar-refractivity contribution in [3.8, 4) is 11.1 Å². The van der Waals surface area contributed by atoms with Crippen molar-refractivity contribution in [2.45, 2.75) is 45.8 Å². The maximum Gasteiger partial charge on any atom is 0.253 e. The Morgan fingerprint density at radius 3 is 2.05 bits per heavy atom. The Labute approximate surface area is 242 Å². The van der Waals surface area contributed by atoms with E-state index in [0.717, 1.165) is 48.6 Å². The molecule has 0 aliphatic carbocycles. The van der Waals surface area contributed by atoms with E-state index in [1.54, 1.807) is 0 Å². The van der Waals surface area contributed by atoms with Crippen molar-refractivity contribution in [3.05, 3.63) is 94.6 Å². The smallest absolute Gasteiger partial charge is 0.253 e. The summed E-state index contributed by atoms with van der Waals surface area (Å²) in [4.78, 5) is 37.5. The average molecular weight is 548 g/mol. The molecule has 0 bridgehead atoms. The highest BCUT2D eigenvalue weighted by Crippen LogP contribution is 2.33. The van der Waals surface area contributed by atoms with Crippen molar-refractivity contribution >= 4 is 29.4 Å². The summed E-state index contributed by atoms with van der Waals surface area (Å²) in [5, 5.41) is 0. The fourth-order valence-corrected chi connectivity index (χ4v) is 5.96. The zero-order valence-electron chi connectivity index (χ0n) is 24.1. The number of piperazine rings is 1. The second kappa shape index (κ2) is 10.6. The topological polar surface area (TPSA) is 82.2 Å². The van der Waals surface area contributed by atoms with Crippen LogP contribution in [0.15, 0.2) is 77.3 Å². The molecule has 3 aromatic carbocycles. The van der Waals surface area contributed by atoms with Gasteiger partial charge < -0.3 is 15.5 Å². The first-order valence-electron chi connectivity index (χ1n) is 14.3. The molecular formula is C34H37N5O2. The molecule has 0 atom stereocenters. The minimum atomic E-state index is -0.00338. The minimum Gasteiger partial charge on any atom is -0.387 e. The fourth-order valence-electron chi connectivity index (χ4n) is 5.96. The van der Waals surface area contributed by atoms with Gasteiger partial charge in [0.15, 0.2) is 0 Å². The van der Waals surface area contributed by atoms with Gasteiger partial charge in [0.25, 0.3) is 11.8 Å². The Hall–Kier alpha value is -4.23. The van der Waals surface area contributed by atoms with E-state index in [9.17, 15) is 9.59 Å². The standard InChI is InChI=1S/C34H37N5O2/c1-34(2,3)39-16-14-37(15-17-39)32(40)24-10-8-23(9-11-24)25-12-13-26-18-29(20-31(35)36-30(26)19-25)33(41)38-21-27-6-4-5-7-28(27)22-38/h4-13,18-19H,14-17,20-22H2,1-3H3,(H2,35,36). The lowest BCUT2D eigenvalue weighted by molar-refractivity contribution is -0.127. The normalized spacial score (nSPS) is 17.3. The van der Waals surface area contributed by atoms with E-state index >= 15 is 0 Å². The first kappa shape index (κ1) is 27.0. The fraction of sp³-hybridized carbons (Fsp3) is 0.324. The number of nitrogens with zero attached hydrogens (tertiary/aromatic N) is 4. The molecule has 2 amide bonds. The quantitative estimate of drug-likeness (QED) is 0.487. The maximum atomic E-state index is 13.4. The molecule has 0 aromatic heterocycles. The van der Waals surface area contributed by atoms with Gasteiger partial charge in [-0.2, -0.15) is 0 Å². The SMILES string of the molecule is CC(C)(C)N1CCN(C(=O)c2ccc(-c3ccc4c(c3)N=C(N)CC(C(=O)N3Cc5ccccc5C3)=C4)cc2)CC1. The van der Waals surface area contributed by atoms with Crippen LogP contribution in [0.25, 0.3) is 17.2 Å². The van der Waals surface area contributed by atoms with E-state index in [1.807, 2.05) is 70.5 Å². The molecule has 0 spiro atoms. The van der Waals surface area contributed by atoms with Gasteiger partial charge in [0, 0.05) is 67.9 Å². The third kappa shape index (κ3) is 5.55. The van der Waals surface area contributed by atoms with Gasteiger partial charge in [-0.3, -0.25) is 14.5 Å². The molecule has 7 heteroatoms. The number of aliphatic imine (C=N–C) groups is 1. The molecular weight excluding hydrogens is 510 g/mol. The first-order valence-corrected chi connectivity index (χ1v) is 14.3. The van der Waals surface area contributed by atoms with E-state index in [4.69, 9.17) is 5.73 Å². The zero-order valence-corrected chi connectivity index (χ0v) is 24.1. The van der Waals surface area contributed by atoms with Gasteiger partial charge in [0.2, 0.25) is 0 Å². The Morgan fingerprint density at radius 2 is 1.41 bits per heavy atom. The van der Waals surface area contributed by atoms with Gasteiger partial charge in [-0.05, 0) is 67.3 Å². The second-order valence-electron chi connectivity index (χ2n) is 12.2. The summed E-state index contributed by atoms with van der Waals surface area (Å²) < 4.78 is 0. The monoisotopic (exact) mass is 547 g/mol. The molecule has 2 N–H and O–H groups in total. The number of hydrogen-bond acceptors (Lipinski definition) is 5. The lowest BCUT2D eigenvalue weighted by Gasteiger charge is -2.42. The summed E-state index contributed by atoms with van der Waals surface area (Å²) >= 11 is 0. The van der Waals surface area contributed by atoms with Gasteiger partial charge in [-0.25, -0.2) is 4.99 Å². The van der Waals surface area contributed by atoms with Crippen LogP contribution in [0.2, 0.25) is 0 Å². The second-order valence-corrected chi connectivity index (χ2v) is 12.2. The summed E-state index contributed by atoms with van der Waals surface area (Å²) in [5.74, 6) is 0.494. The summed E-state index contributed by atoms with van der Waals surface area (Å²) in [7, 11) is 0. The molecule has 3 heterocycles. The number of carbonyl (C=O) groups excluding carboxylic acids is 2. The Balaban J connectivity index is 1.17. The van der Waals surface area contributed by atoms with Crippen molar-refractivity contribution < 1.29 is 9.59 Å². The molecule has 1 saturated heterocycles. The molecule has 3 aromatic rings. The largest absolute Gasteiger partial charge is 0.387 e. The number of nitrogens with two attached hydrogens (primary N) is 1. The molecule has 1 fully saturated rings. The summed E-state index contributed by atoms with van der Waals surface area (Å²) in [6, 6.07) is 22.0. The van der Waals surface area contributed by atoms with Gasteiger partial charge in [-0.15, -0.1) is 0 Å². The van der Waals surface area contributed by atoms with E-state index in [0.29, 0.717) is 36.5 Å². The number of amides is 2. The number of rotatable bonds is 3. The average Bonchev–Trinajstić information content (AvgIpc) is 3.33. The van der Waals surface area contributed by atoms with E-state index in [2.05, 4.69) is 42.8 Å². The van der Waals surface area contributed by atoms with E-state index in [-0.39, 0.29) is 17.4 Å². The van der Waals surface area contributed by atoms with Crippen LogP contribution in [0.1, 0.15) is 54.2 Å². The van der Waals surface area contributed by atoms with Crippen LogP contribution in [0, 0.1) is 0 Å². The lowest BCUT2D eigenvalue weighted by Crippen LogP contribution is -2.54. The molecule has 41 heavy (non-hydrogen) atoms. The first-order chi connectivity index (χ1) is 19.7. The number of amidine groups is 1. The van der Waals surface area contributed by atoms with Crippen molar-refractivity contribution in [1.82, 2.24) is 14.7 Å². The number of benzene rings is 3. The molecule has 0 saturated carbocycles. The van der Waals surface area contributed by atoms with Crippen LogP contribution in [-0.4, -0.2) is 64.1 Å². The molecule has 210 valence electrons. The van der Waals surface area contributed by atoms with E-state index in [1.165, 1.54) is 11.1 Å². The van der Waals surface area contributed by atoms with Crippen LogP contribution in [0.4, 0.5) is 5.69 Å². The van der Waals surface area contributed by atoms with Crippen molar-refractivity contribution in [2.24, 2.45) is 10.7 Å². The van der Waals surface area contributed by atoms with Crippen LogP contribution in [0.5, 0.6) is 0 Å². The van der Waals surface area contributed by atoms with Crippen molar-refractivity contribution in [1.29, 1.82) is 0 Å². The number of hydrogen-bond donors (Lipinski definition) is 1. The summed E-state index contributed by atoms with van der Waals surface area (Å²) in [5.41, 5.74) is 13.7. The van der Waals surface area contributed by atoms with Crippen LogP contribution in [-0.2, 0) is 17.9 Å². The Bertz CT molecular complexity index is 1530.